The van der Waals surface area contributed by atoms with Crippen molar-refractivity contribution in [3.8, 4) is 17.0 Å². The number of rotatable bonds is 7. The molecule has 0 saturated heterocycles. The van der Waals surface area contributed by atoms with Crippen LogP contribution in [0.3, 0.4) is 0 Å². The van der Waals surface area contributed by atoms with Gasteiger partial charge in [0.25, 0.3) is 0 Å². The number of nitrogens with one attached hydrogen (secondary N) is 1. The molecule has 0 aliphatic carbocycles. The summed E-state index contributed by atoms with van der Waals surface area (Å²) in [5.41, 5.74) is 4.72. The van der Waals surface area contributed by atoms with Gasteiger partial charge in [-0.3, -0.25) is 14.8 Å². The average molecular weight is 440 g/mol. The summed E-state index contributed by atoms with van der Waals surface area (Å²) in [4.78, 5) is 28.2. The normalized spacial score (nSPS) is 17.4. The number of carbonyl (C=O) groups excluding carboxylic acids is 1. The number of aliphatic imine (C=N–C) groups is 1. The topological polar surface area (TPSA) is 94.9 Å². The van der Waals surface area contributed by atoms with Crippen molar-refractivity contribution in [2.24, 2.45) is 4.99 Å². The molecule has 32 heavy (non-hydrogen) atoms. The number of nitrogens with zero attached hydrogens (tertiary/aromatic N) is 3. The van der Waals surface area contributed by atoms with Gasteiger partial charge in [-0.15, -0.1) is 0 Å². The minimum absolute atomic E-state index is 0.00701. The molecule has 164 valence electrons. The van der Waals surface area contributed by atoms with Gasteiger partial charge in [-0.2, -0.15) is 14.3 Å². The third kappa shape index (κ3) is 4.20. The van der Waals surface area contributed by atoms with Crippen LogP contribution in [0.1, 0.15) is 16.7 Å². The van der Waals surface area contributed by atoms with E-state index in [0.717, 1.165) is 11.1 Å². The highest BCUT2D eigenvalue weighted by molar-refractivity contribution is 5.77. The number of aryl methyl sites for hydroxylation is 1. The fourth-order valence-corrected chi connectivity index (χ4v) is 3.52. The number of carbonyl (C=O) groups is 1. The second-order valence-corrected chi connectivity index (χ2v) is 6.91. The van der Waals surface area contributed by atoms with Crippen LogP contribution in [0, 0.1) is 6.92 Å². The van der Waals surface area contributed by atoms with E-state index in [2.05, 4.69) is 30.0 Å². The lowest BCUT2D eigenvalue weighted by molar-refractivity contribution is -0.132. The van der Waals surface area contributed by atoms with Crippen LogP contribution in [0.2, 0.25) is 0 Å². The molecule has 1 atom stereocenters. The Morgan fingerprint density at radius 2 is 2.03 bits per heavy atom. The van der Waals surface area contributed by atoms with Crippen LogP contribution in [0.4, 0.5) is 8.78 Å². The first-order valence-electron chi connectivity index (χ1n) is 9.52. The van der Waals surface area contributed by atoms with E-state index >= 15 is 0 Å². The number of hydrogen-bond donors (Lipinski definition) is 1. The van der Waals surface area contributed by atoms with Crippen molar-refractivity contribution in [2.75, 3.05) is 6.61 Å². The van der Waals surface area contributed by atoms with Crippen molar-refractivity contribution in [3.05, 3.63) is 77.7 Å². The summed E-state index contributed by atoms with van der Waals surface area (Å²) in [7, 11) is 0. The zero-order chi connectivity index (χ0) is 22.6. The third-order valence-corrected chi connectivity index (χ3v) is 4.97. The van der Waals surface area contributed by atoms with Crippen molar-refractivity contribution in [1.82, 2.24) is 15.4 Å². The first-order chi connectivity index (χ1) is 15.5. The molecule has 0 fully saturated rings. The van der Waals surface area contributed by atoms with Crippen LogP contribution in [-0.4, -0.2) is 35.7 Å². The van der Waals surface area contributed by atoms with Crippen molar-refractivity contribution in [3.63, 3.8) is 0 Å². The highest BCUT2D eigenvalue weighted by Crippen LogP contribution is 2.40. The summed E-state index contributed by atoms with van der Waals surface area (Å²) in [5, 5.41) is 0. The van der Waals surface area contributed by atoms with Crippen molar-refractivity contribution in [1.29, 1.82) is 0 Å². The Morgan fingerprint density at radius 3 is 2.75 bits per heavy atom. The lowest BCUT2D eigenvalue weighted by Crippen LogP contribution is -2.27. The van der Waals surface area contributed by atoms with Gasteiger partial charge < -0.3 is 14.3 Å². The molecule has 0 amide bonds. The minimum atomic E-state index is -2.93. The molecule has 1 aliphatic rings. The molecule has 1 aliphatic heterocycles. The van der Waals surface area contributed by atoms with Gasteiger partial charge in [-0.05, 0) is 41.8 Å². The second kappa shape index (κ2) is 8.96. The first-order valence-corrected chi connectivity index (χ1v) is 9.52. The van der Waals surface area contributed by atoms with Gasteiger partial charge in [0.15, 0.2) is 5.54 Å². The van der Waals surface area contributed by atoms with Gasteiger partial charge in [0.2, 0.25) is 0 Å². The smallest absolute Gasteiger partial charge is 0.387 e. The standard InChI is InChI=1S/C22H18F2N4O4/c1-14-9-17(5-6-19(14)32-20(23)24)22(12-30-21(27-22)28-31-13-29)16-4-2-3-15(10-16)18-11-25-7-8-26-18/h2-11,13,20H,12H2,1H3,(H,27,28). The Bertz CT molecular complexity index is 1140. The van der Waals surface area contributed by atoms with E-state index in [1.165, 1.54) is 6.07 Å². The van der Waals surface area contributed by atoms with Gasteiger partial charge in [-0.1, -0.05) is 24.3 Å². The highest BCUT2D eigenvalue weighted by atomic mass is 19.3. The second-order valence-electron chi connectivity index (χ2n) is 6.91. The number of halogens is 2. The lowest BCUT2D eigenvalue weighted by Gasteiger charge is -2.26. The molecule has 8 nitrogen and oxygen atoms in total. The summed E-state index contributed by atoms with van der Waals surface area (Å²) >= 11 is 0. The summed E-state index contributed by atoms with van der Waals surface area (Å²) in [6.07, 6.45) is 4.82. The molecule has 4 rings (SSSR count). The van der Waals surface area contributed by atoms with Crippen LogP contribution in [0.25, 0.3) is 11.3 Å². The predicted octanol–water partition coefficient (Wildman–Crippen LogP) is 3.36. The maximum absolute atomic E-state index is 12.7. The SMILES string of the molecule is Cc1cc(C2(c3cccc(-c4cnccn4)c3)COC(NOC=O)=N2)ccc1OC(F)F. The first kappa shape index (κ1) is 21.2. The molecule has 0 saturated carbocycles. The molecule has 3 aromatic rings. The fraction of sp³-hybridized carbons (Fsp3) is 0.182. The third-order valence-electron chi connectivity index (χ3n) is 4.97. The lowest BCUT2D eigenvalue weighted by atomic mass is 9.83. The van der Waals surface area contributed by atoms with Crippen LogP contribution in [0.5, 0.6) is 5.75 Å². The number of hydroxylamine groups is 1. The number of hydrogen-bond acceptors (Lipinski definition) is 8. The van der Waals surface area contributed by atoms with E-state index in [9.17, 15) is 13.6 Å². The Morgan fingerprint density at radius 1 is 1.19 bits per heavy atom. The molecule has 1 unspecified atom stereocenters. The minimum Gasteiger partial charge on any atom is -0.460 e. The van der Waals surface area contributed by atoms with Gasteiger partial charge in [0.1, 0.15) is 12.4 Å². The fourth-order valence-electron chi connectivity index (χ4n) is 3.52. The molecule has 10 heteroatoms. The Kier molecular flexibility index (Phi) is 5.93. The number of benzene rings is 2. The van der Waals surface area contributed by atoms with Crippen molar-refractivity contribution < 1.29 is 27.9 Å². The number of amidine groups is 1. The molecule has 0 spiro atoms. The zero-order valence-electron chi connectivity index (χ0n) is 16.9. The Balaban J connectivity index is 1.81. The average Bonchev–Trinajstić information content (AvgIpc) is 3.25. The molecule has 0 bridgehead atoms. The quantitative estimate of drug-likeness (QED) is 0.445. The molecule has 1 aromatic heterocycles. The Labute approximate surface area is 181 Å². The van der Waals surface area contributed by atoms with Gasteiger partial charge >= 0.3 is 19.1 Å². The summed E-state index contributed by atoms with van der Waals surface area (Å²) < 4.78 is 35.6. The van der Waals surface area contributed by atoms with E-state index in [4.69, 9.17) is 4.74 Å². The predicted molar refractivity (Wildman–Crippen MR) is 110 cm³/mol. The largest absolute Gasteiger partial charge is 0.460 e. The van der Waals surface area contributed by atoms with Crippen LogP contribution < -0.4 is 10.2 Å². The number of aromatic nitrogens is 2. The van der Waals surface area contributed by atoms with Crippen LogP contribution >= 0.6 is 0 Å². The van der Waals surface area contributed by atoms with Crippen molar-refractivity contribution in [2.45, 2.75) is 19.1 Å². The van der Waals surface area contributed by atoms with Gasteiger partial charge in [-0.25, -0.2) is 4.99 Å². The number of alkyl halides is 2. The Hall–Kier alpha value is -4.08. The maximum Gasteiger partial charge on any atom is 0.387 e. The van der Waals surface area contributed by atoms with E-state index in [1.54, 1.807) is 37.6 Å². The van der Waals surface area contributed by atoms with Crippen LogP contribution in [-0.2, 0) is 19.9 Å². The molecule has 2 heterocycles. The van der Waals surface area contributed by atoms with E-state index in [1.807, 2.05) is 24.3 Å². The molecular formula is C22H18F2N4O4. The molecule has 2 aromatic carbocycles. The number of ether oxygens (including phenoxy) is 2. The molecule has 0 radical (unpaired) electrons. The van der Waals surface area contributed by atoms with Gasteiger partial charge in [0.05, 0.1) is 11.9 Å². The highest BCUT2D eigenvalue weighted by Gasteiger charge is 2.41. The summed E-state index contributed by atoms with van der Waals surface area (Å²) in [5.74, 6) is 0.0674. The summed E-state index contributed by atoms with van der Waals surface area (Å²) in [6.45, 7) is -0.975. The van der Waals surface area contributed by atoms with E-state index in [0.29, 0.717) is 16.8 Å². The monoisotopic (exact) mass is 440 g/mol. The van der Waals surface area contributed by atoms with E-state index < -0.39 is 12.2 Å². The zero-order valence-corrected chi connectivity index (χ0v) is 16.9. The summed E-state index contributed by atoms with van der Waals surface area (Å²) in [6, 6.07) is 12.3. The van der Waals surface area contributed by atoms with E-state index in [-0.39, 0.29) is 24.9 Å². The van der Waals surface area contributed by atoms with Crippen LogP contribution in [0.15, 0.2) is 66.0 Å². The maximum atomic E-state index is 12.7. The van der Waals surface area contributed by atoms with Crippen molar-refractivity contribution >= 4 is 12.5 Å². The van der Waals surface area contributed by atoms with Gasteiger partial charge in [0, 0.05) is 18.0 Å². The molecule has 1 N–H and O–H groups in total. The molecular weight excluding hydrogens is 422 g/mol.